The number of methoxy groups -OCH3 is 3. The lowest BCUT2D eigenvalue weighted by Gasteiger charge is -2.23. The number of benzene rings is 2. The second kappa shape index (κ2) is 8.49. The van der Waals surface area contributed by atoms with Gasteiger partial charge in [0.2, 0.25) is 5.95 Å². The highest BCUT2D eigenvalue weighted by atomic mass is 16.5. The lowest BCUT2D eigenvalue weighted by molar-refractivity contribution is 0.390. The Morgan fingerprint density at radius 3 is 2.53 bits per heavy atom. The summed E-state index contributed by atoms with van der Waals surface area (Å²) in [7, 11) is 5.01. The van der Waals surface area contributed by atoms with Gasteiger partial charge in [0.05, 0.1) is 27.0 Å². The van der Waals surface area contributed by atoms with E-state index in [9.17, 15) is 0 Å². The normalized spacial score (nSPS) is 13.4. The van der Waals surface area contributed by atoms with Crippen LogP contribution in [-0.4, -0.2) is 37.8 Å². The molecule has 7 heteroatoms. The van der Waals surface area contributed by atoms with Crippen molar-refractivity contribution >= 4 is 11.8 Å². The largest absolute Gasteiger partial charge is 0.497 e. The van der Waals surface area contributed by atoms with E-state index in [-0.39, 0.29) is 5.95 Å². The lowest BCUT2D eigenvalue weighted by atomic mass is 10.0. The van der Waals surface area contributed by atoms with E-state index >= 15 is 0 Å². The number of nitrogen functional groups attached to an aromatic ring is 1. The molecule has 0 aliphatic carbocycles. The average molecular weight is 406 g/mol. The molecule has 0 radical (unpaired) electrons. The summed E-state index contributed by atoms with van der Waals surface area (Å²) in [5, 5.41) is 0. The smallest absolute Gasteiger partial charge is 0.222 e. The Morgan fingerprint density at radius 1 is 0.933 bits per heavy atom. The van der Waals surface area contributed by atoms with Crippen molar-refractivity contribution < 1.29 is 14.2 Å². The Hall–Kier alpha value is -3.48. The van der Waals surface area contributed by atoms with Crippen molar-refractivity contribution in [2.24, 2.45) is 0 Å². The highest BCUT2D eigenvalue weighted by Gasteiger charge is 2.21. The van der Waals surface area contributed by atoms with Crippen LogP contribution in [0.2, 0.25) is 0 Å². The summed E-state index contributed by atoms with van der Waals surface area (Å²) in [5.74, 6) is 3.47. The van der Waals surface area contributed by atoms with Gasteiger partial charge in [-0.25, -0.2) is 4.98 Å². The Morgan fingerprint density at radius 2 is 1.77 bits per heavy atom. The van der Waals surface area contributed by atoms with E-state index in [1.165, 1.54) is 11.1 Å². The topological polar surface area (TPSA) is 82.7 Å². The third-order valence-corrected chi connectivity index (χ3v) is 5.37. The second-order valence-corrected chi connectivity index (χ2v) is 7.19. The van der Waals surface area contributed by atoms with Crippen molar-refractivity contribution in [3.05, 3.63) is 53.6 Å². The van der Waals surface area contributed by atoms with Gasteiger partial charge in [0.15, 0.2) is 0 Å². The van der Waals surface area contributed by atoms with Crippen molar-refractivity contribution in [2.45, 2.75) is 19.4 Å². The van der Waals surface area contributed by atoms with Crippen LogP contribution in [-0.2, 0) is 13.0 Å². The van der Waals surface area contributed by atoms with E-state index in [4.69, 9.17) is 19.9 Å². The molecule has 0 amide bonds. The molecule has 2 heterocycles. The maximum absolute atomic E-state index is 6.08. The quantitative estimate of drug-likeness (QED) is 0.692. The molecule has 0 unspecified atom stereocenters. The van der Waals surface area contributed by atoms with E-state index in [1.807, 2.05) is 36.4 Å². The maximum atomic E-state index is 6.08. The van der Waals surface area contributed by atoms with Gasteiger partial charge in [-0.1, -0.05) is 12.1 Å². The van der Waals surface area contributed by atoms with Gasteiger partial charge in [-0.3, -0.25) is 0 Å². The Kier molecular flexibility index (Phi) is 5.61. The van der Waals surface area contributed by atoms with Gasteiger partial charge in [0.1, 0.15) is 23.1 Å². The Labute approximate surface area is 176 Å². The highest BCUT2D eigenvalue weighted by Crippen LogP contribution is 2.34. The molecule has 0 atom stereocenters. The first-order valence-electron chi connectivity index (χ1n) is 9.89. The number of hydrogen-bond donors (Lipinski definition) is 1. The molecule has 0 spiro atoms. The van der Waals surface area contributed by atoms with Crippen molar-refractivity contribution in [2.75, 3.05) is 38.5 Å². The maximum Gasteiger partial charge on any atom is 0.222 e. The average Bonchev–Trinajstić information content (AvgIpc) is 3.00. The van der Waals surface area contributed by atoms with E-state index in [1.54, 1.807) is 21.3 Å². The number of nitrogens with two attached hydrogens (primary N) is 1. The monoisotopic (exact) mass is 406 g/mol. The molecular weight excluding hydrogens is 380 g/mol. The zero-order valence-corrected chi connectivity index (χ0v) is 17.5. The number of nitrogens with zero attached hydrogens (tertiary/aromatic N) is 3. The van der Waals surface area contributed by atoms with E-state index in [2.05, 4.69) is 20.9 Å². The summed E-state index contributed by atoms with van der Waals surface area (Å²) in [6.07, 6.45) is 1.91. The number of ether oxygens (including phenoxy) is 3. The molecular formula is C23H26N4O3. The fourth-order valence-corrected chi connectivity index (χ4v) is 3.87. The first-order valence-corrected chi connectivity index (χ1v) is 9.89. The molecule has 2 aromatic carbocycles. The van der Waals surface area contributed by atoms with Gasteiger partial charge in [-0.15, -0.1) is 0 Å². The van der Waals surface area contributed by atoms with Crippen LogP contribution < -0.4 is 24.8 Å². The molecule has 0 saturated heterocycles. The van der Waals surface area contributed by atoms with Crippen molar-refractivity contribution in [3.8, 4) is 28.5 Å². The second-order valence-electron chi connectivity index (χ2n) is 7.19. The molecule has 1 aromatic heterocycles. The SMILES string of the molecule is COc1cccc(-c2cc(N3CCCc4c(cc(OC)cc4OC)C3)nc(N)n2)c1. The number of fused-ring (bicyclic) bond motifs is 1. The molecule has 7 nitrogen and oxygen atoms in total. The Balaban J connectivity index is 1.71. The molecule has 0 bridgehead atoms. The molecule has 1 aliphatic heterocycles. The summed E-state index contributed by atoms with van der Waals surface area (Å²) >= 11 is 0. The van der Waals surface area contributed by atoms with Crippen molar-refractivity contribution in [1.29, 1.82) is 0 Å². The van der Waals surface area contributed by atoms with Gasteiger partial charge >= 0.3 is 0 Å². The molecule has 156 valence electrons. The lowest BCUT2D eigenvalue weighted by Crippen LogP contribution is -2.24. The number of rotatable bonds is 5. The van der Waals surface area contributed by atoms with Gasteiger partial charge in [0.25, 0.3) is 0 Å². The minimum absolute atomic E-state index is 0.248. The van der Waals surface area contributed by atoms with Gasteiger partial charge in [-0.05, 0) is 42.2 Å². The predicted octanol–water partition coefficient (Wildman–Crippen LogP) is 3.70. The number of anilines is 2. The van der Waals surface area contributed by atoms with Crippen LogP contribution in [0.1, 0.15) is 17.5 Å². The molecule has 0 fully saturated rings. The fourth-order valence-electron chi connectivity index (χ4n) is 3.87. The molecule has 4 rings (SSSR count). The number of hydrogen-bond acceptors (Lipinski definition) is 7. The zero-order chi connectivity index (χ0) is 21.1. The van der Waals surface area contributed by atoms with Crippen LogP contribution in [0.25, 0.3) is 11.3 Å². The first-order chi connectivity index (χ1) is 14.6. The van der Waals surface area contributed by atoms with Crippen molar-refractivity contribution in [3.63, 3.8) is 0 Å². The van der Waals surface area contributed by atoms with Crippen LogP contribution in [0, 0.1) is 0 Å². The Bertz CT molecular complexity index is 1050. The summed E-state index contributed by atoms with van der Waals surface area (Å²) in [6, 6.07) is 13.8. The van der Waals surface area contributed by atoms with Crippen LogP contribution in [0.4, 0.5) is 11.8 Å². The van der Waals surface area contributed by atoms with Gasteiger partial charge in [0, 0.05) is 30.8 Å². The van der Waals surface area contributed by atoms with Gasteiger partial charge in [-0.2, -0.15) is 4.98 Å². The first kappa shape index (κ1) is 19.8. The molecule has 1 aliphatic rings. The standard InChI is InChI=1S/C23H26N4O3/c1-28-17-7-4-6-15(10-17)20-13-22(26-23(24)25-20)27-9-5-8-19-16(14-27)11-18(29-2)12-21(19)30-3/h4,6-7,10-13H,5,8-9,14H2,1-3H3,(H2,24,25,26). The summed E-state index contributed by atoms with van der Waals surface area (Å²) in [5.41, 5.74) is 10.2. The number of aromatic nitrogens is 2. The summed E-state index contributed by atoms with van der Waals surface area (Å²) < 4.78 is 16.4. The predicted molar refractivity (Wildman–Crippen MR) is 117 cm³/mol. The van der Waals surface area contributed by atoms with E-state index < -0.39 is 0 Å². The van der Waals surface area contributed by atoms with Crippen molar-refractivity contribution in [1.82, 2.24) is 9.97 Å². The molecule has 0 saturated carbocycles. The summed E-state index contributed by atoms with van der Waals surface area (Å²) in [4.78, 5) is 11.2. The van der Waals surface area contributed by atoms with Crippen LogP contribution in [0.15, 0.2) is 42.5 Å². The zero-order valence-electron chi connectivity index (χ0n) is 17.5. The van der Waals surface area contributed by atoms with Gasteiger partial charge < -0.3 is 24.8 Å². The minimum atomic E-state index is 0.248. The van der Waals surface area contributed by atoms with E-state index in [0.29, 0.717) is 6.54 Å². The van der Waals surface area contributed by atoms with Crippen LogP contribution >= 0.6 is 0 Å². The van der Waals surface area contributed by atoms with E-state index in [0.717, 1.165) is 53.7 Å². The minimum Gasteiger partial charge on any atom is -0.497 e. The summed E-state index contributed by atoms with van der Waals surface area (Å²) in [6.45, 7) is 1.55. The molecule has 2 N–H and O–H groups in total. The van der Waals surface area contributed by atoms with Crippen LogP contribution in [0.5, 0.6) is 17.2 Å². The third-order valence-electron chi connectivity index (χ3n) is 5.37. The highest BCUT2D eigenvalue weighted by molar-refractivity contribution is 5.66. The molecule has 3 aromatic rings. The molecule has 30 heavy (non-hydrogen) atoms. The van der Waals surface area contributed by atoms with Crippen LogP contribution in [0.3, 0.4) is 0 Å². The fraction of sp³-hybridized carbons (Fsp3) is 0.304. The third kappa shape index (κ3) is 3.96.